The van der Waals surface area contributed by atoms with Crippen molar-refractivity contribution in [3.8, 4) is 10.4 Å². The Labute approximate surface area is 152 Å². The van der Waals surface area contributed by atoms with Crippen molar-refractivity contribution in [1.82, 2.24) is 4.37 Å². The van der Waals surface area contributed by atoms with Crippen molar-refractivity contribution >= 4 is 17.5 Å². The lowest BCUT2D eigenvalue weighted by Crippen LogP contribution is -2.08. The smallest absolute Gasteiger partial charge is 0.341 e. The summed E-state index contributed by atoms with van der Waals surface area (Å²) < 4.78 is 9.85. The first-order valence-electron chi connectivity index (χ1n) is 8.54. The van der Waals surface area contributed by atoms with Gasteiger partial charge in [0.1, 0.15) is 5.56 Å². The van der Waals surface area contributed by atoms with E-state index in [2.05, 4.69) is 28.6 Å². The fourth-order valence-electron chi connectivity index (χ4n) is 2.80. The molecule has 0 bridgehead atoms. The third-order valence-corrected chi connectivity index (χ3v) is 4.93. The van der Waals surface area contributed by atoms with Crippen LogP contribution < -0.4 is 0 Å². The van der Waals surface area contributed by atoms with Gasteiger partial charge in [-0.2, -0.15) is 4.37 Å². The van der Waals surface area contributed by atoms with Crippen LogP contribution in [0.2, 0.25) is 0 Å². The zero-order chi connectivity index (χ0) is 17.5. The molecule has 0 aliphatic rings. The van der Waals surface area contributed by atoms with Gasteiger partial charge in [0.2, 0.25) is 0 Å². The minimum atomic E-state index is -0.273. The van der Waals surface area contributed by atoms with Gasteiger partial charge in [-0.05, 0) is 48.8 Å². The summed E-state index contributed by atoms with van der Waals surface area (Å²) >= 11 is 1.38. The van der Waals surface area contributed by atoms with Crippen LogP contribution in [-0.2, 0) is 17.6 Å². The van der Waals surface area contributed by atoms with E-state index in [1.165, 1.54) is 17.1 Å². The van der Waals surface area contributed by atoms with E-state index in [1.807, 2.05) is 43.3 Å². The zero-order valence-electron chi connectivity index (χ0n) is 14.3. The lowest BCUT2D eigenvalue weighted by atomic mass is 10.0. The number of nitrogens with zero attached hydrogens (tertiary/aromatic N) is 1. The molecule has 0 amide bonds. The van der Waals surface area contributed by atoms with Gasteiger partial charge in [-0.1, -0.05) is 60.7 Å². The summed E-state index contributed by atoms with van der Waals surface area (Å²) in [7, 11) is 0. The van der Waals surface area contributed by atoms with Crippen molar-refractivity contribution in [3.05, 3.63) is 77.5 Å². The fraction of sp³-hybridized carbons (Fsp3) is 0.238. The first kappa shape index (κ1) is 17.4. The highest BCUT2D eigenvalue weighted by Crippen LogP contribution is 2.31. The normalized spacial score (nSPS) is 10.6. The molecule has 0 aliphatic heterocycles. The van der Waals surface area contributed by atoms with Crippen molar-refractivity contribution in [2.24, 2.45) is 0 Å². The molecule has 3 aromatic rings. The molecule has 0 atom stereocenters. The van der Waals surface area contributed by atoms with Crippen LogP contribution in [-0.4, -0.2) is 16.9 Å². The first-order valence-corrected chi connectivity index (χ1v) is 9.32. The van der Waals surface area contributed by atoms with Gasteiger partial charge in [0.05, 0.1) is 17.2 Å². The molecular formula is C21H21NO2S. The average Bonchev–Trinajstić information content (AvgIpc) is 3.07. The van der Waals surface area contributed by atoms with Gasteiger partial charge >= 0.3 is 5.97 Å². The van der Waals surface area contributed by atoms with Crippen molar-refractivity contribution < 1.29 is 9.53 Å². The first-order chi connectivity index (χ1) is 12.3. The molecule has 0 saturated heterocycles. The molecule has 25 heavy (non-hydrogen) atoms. The summed E-state index contributed by atoms with van der Waals surface area (Å²) in [5.41, 5.74) is 3.79. The number of carbonyl (C=O) groups excluding carboxylic acids is 1. The molecule has 128 valence electrons. The van der Waals surface area contributed by atoms with Gasteiger partial charge < -0.3 is 4.74 Å². The van der Waals surface area contributed by atoms with Crippen LogP contribution >= 0.6 is 11.5 Å². The molecule has 3 nitrogen and oxygen atoms in total. The van der Waals surface area contributed by atoms with Crippen LogP contribution in [0.1, 0.15) is 35.0 Å². The molecule has 0 aliphatic carbocycles. The molecule has 1 aromatic heterocycles. The minimum Gasteiger partial charge on any atom is -0.462 e. The summed E-state index contributed by atoms with van der Waals surface area (Å²) in [5.74, 6) is -0.273. The predicted molar refractivity (Wildman–Crippen MR) is 102 cm³/mol. The van der Waals surface area contributed by atoms with Crippen LogP contribution in [0.3, 0.4) is 0 Å². The Balaban J connectivity index is 1.81. The van der Waals surface area contributed by atoms with E-state index in [0.29, 0.717) is 12.2 Å². The van der Waals surface area contributed by atoms with Crippen molar-refractivity contribution in [2.75, 3.05) is 6.61 Å². The van der Waals surface area contributed by atoms with E-state index in [-0.39, 0.29) is 5.97 Å². The van der Waals surface area contributed by atoms with Gasteiger partial charge in [-0.15, -0.1) is 0 Å². The number of aryl methyl sites for hydroxylation is 2. The van der Waals surface area contributed by atoms with Gasteiger partial charge in [0.25, 0.3) is 0 Å². The van der Waals surface area contributed by atoms with Crippen LogP contribution in [0.5, 0.6) is 0 Å². The number of rotatable bonds is 7. The van der Waals surface area contributed by atoms with E-state index >= 15 is 0 Å². The number of carbonyl (C=O) groups is 1. The number of aromatic nitrogens is 1. The standard InChI is InChI=1S/C21H21NO2S/c1-2-24-21(23)19-18(15-9-12-16-10-5-3-6-11-16)22-25-20(19)17-13-7-4-8-14-17/h3-8,10-11,13-14H,2,9,12,15H2,1H3. The van der Waals surface area contributed by atoms with Crippen LogP contribution in [0.25, 0.3) is 10.4 Å². The summed E-state index contributed by atoms with van der Waals surface area (Å²) in [6.07, 6.45) is 2.70. The fourth-order valence-corrected chi connectivity index (χ4v) is 3.72. The maximum atomic E-state index is 12.5. The largest absolute Gasteiger partial charge is 0.462 e. The topological polar surface area (TPSA) is 39.2 Å². The molecule has 1 heterocycles. The Morgan fingerprint density at radius 1 is 1.00 bits per heavy atom. The number of esters is 1. The summed E-state index contributed by atoms with van der Waals surface area (Å²) in [6.45, 7) is 2.20. The maximum absolute atomic E-state index is 12.5. The van der Waals surface area contributed by atoms with E-state index in [9.17, 15) is 4.79 Å². The second kappa shape index (κ2) is 8.58. The molecule has 0 N–H and O–H groups in total. The lowest BCUT2D eigenvalue weighted by molar-refractivity contribution is 0.0526. The zero-order valence-corrected chi connectivity index (χ0v) is 15.1. The molecule has 0 spiro atoms. The highest BCUT2D eigenvalue weighted by Gasteiger charge is 2.22. The average molecular weight is 351 g/mol. The minimum absolute atomic E-state index is 0.273. The third kappa shape index (κ3) is 4.34. The molecule has 0 fully saturated rings. The highest BCUT2D eigenvalue weighted by atomic mass is 32.1. The Morgan fingerprint density at radius 2 is 1.68 bits per heavy atom. The SMILES string of the molecule is CCOC(=O)c1c(CCCc2ccccc2)nsc1-c1ccccc1. The van der Waals surface area contributed by atoms with Gasteiger partial charge in [0, 0.05) is 0 Å². The van der Waals surface area contributed by atoms with Gasteiger partial charge in [0.15, 0.2) is 0 Å². The van der Waals surface area contributed by atoms with Crippen molar-refractivity contribution in [3.63, 3.8) is 0 Å². The number of hydrogen-bond acceptors (Lipinski definition) is 4. The quantitative estimate of drug-likeness (QED) is 0.552. The molecule has 2 aromatic carbocycles. The number of hydrogen-bond donors (Lipinski definition) is 0. The molecule has 0 saturated carbocycles. The molecular weight excluding hydrogens is 330 g/mol. The van der Waals surface area contributed by atoms with E-state index in [4.69, 9.17) is 4.74 Å². The summed E-state index contributed by atoms with van der Waals surface area (Å²) in [6, 6.07) is 20.3. The van der Waals surface area contributed by atoms with Crippen molar-refractivity contribution in [1.29, 1.82) is 0 Å². The van der Waals surface area contributed by atoms with Crippen LogP contribution in [0.15, 0.2) is 60.7 Å². The monoisotopic (exact) mass is 351 g/mol. The lowest BCUT2D eigenvalue weighted by Gasteiger charge is -2.06. The molecule has 0 radical (unpaired) electrons. The second-order valence-electron chi connectivity index (χ2n) is 5.76. The predicted octanol–water partition coefficient (Wildman–Crippen LogP) is 5.16. The Kier molecular flexibility index (Phi) is 5.96. The van der Waals surface area contributed by atoms with Crippen molar-refractivity contribution in [2.45, 2.75) is 26.2 Å². The van der Waals surface area contributed by atoms with E-state index in [0.717, 1.165) is 35.4 Å². The number of ether oxygens (including phenoxy) is 1. The second-order valence-corrected chi connectivity index (χ2v) is 6.53. The Morgan fingerprint density at radius 3 is 2.36 bits per heavy atom. The third-order valence-electron chi connectivity index (χ3n) is 4.00. The molecule has 4 heteroatoms. The maximum Gasteiger partial charge on any atom is 0.341 e. The summed E-state index contributed by atoms with van der Waals surface area (Å²) in [4.78, 5) is 13.4. The number of benzene rings is 2. The Hall–Kier alpha value is -2.46. The summed E-state index contributed by atoms with van der Waals surface area (Å²) in [5, 5.41) is 0. The van der Waals surface area contributed by atoms with Gasteiger partial charge in [-0.25, -0.2) is 4.79 Å². The van der Waals surface area contributed by atoms with Gasteiger partial charge in [-0.3, -0.25) is 0 Å². The highest BCUT2D eigenvalue weighted by molar-refractivity contribution is 7.10. The van der Waals surface area contributed by atoms with E-state index < -0.39 is 0 Å². The van der Waals surface area contributed by atoms with Crippen LogP contribution in [0, 0.1) is 0 Å². The van der Waals surface area contributed by atoms with E-state index in [1.54, 1.807) is 0 Å². The molecule has 3 rings (SSSR count). The Bertz CT molecular complexity index is 812. The molecule has 0 unspecified atom stereocenters. The van der Waals surface area contributed by atoms with Crippen LogP contribution in [0.4, 0.5) is 0 Å².